The first-order valence-electron chi connectivity index (χ1n) is 8.15. The zero-order valence-corrected chi connectivity index (χ0v) is 14.3. The molecule has 128 valence electrons. The number of nitrogens with zero attached hydrogens (tertiary/aromatic N) is 1. The van der Waals surface area contributed by atoms with Gasteiger partial charge in [-0.1, -0.05) is 19.9 Å². The minimum absolute atomic E-state index is 0.0709. The Morgan fingerprint density at radius 2 is 1.87 bits per heavy atom. The highest BCUT2D eigenvalue weighted by molar-refractivity contribution is 5.97. The van der Waals surface area contributed by atoms with Crippen LogP contribution in [0, 0.1) is 0 Å². The van der Waals surface area contributed by atoms with E-state index in [0.717, 1.165) is 19.6 Å². The van der Waals surface area contributed by atoms with E-state index in [4.69, 9.17) is 0 Å². The van der Waals surface area contributed by atoms with Gasteiger partial charge in [0.15, 0.2) is 0 Å². The molecule has 0 aliphatic rings. The van der Waals surface area contributed by atoms with E-state index < -0.39 is 0 Å². The molecule has 0 fully saturated rings. The molecule has 0 aliphatic carbocycles. The van der Waals surface area contributed by atoms with Gasteiger partial charge in [-0.2, -0.15) is 0 Å². The summed E-state index contributed by atoms with van der Waals surface area (Å²) in [6.07, 6.45) is 0.400. The summed E-state index contributed by atoms with van der Waals surface area (Å²) in [5, 5.41) is 8.63. The predicted molar refractivity (Wildman–Crippen MR) is 93.7 cm³/mol. The zero-order valence-electron chi connectivity index (χ0n) is 14.3. The van der Waals surface area contributed by atoms with Gasteiger partial charge in [-0.3, -0.25) is 9.59 Å². The number of carbonyl (C=O) groups is 2. The Hall–Kier alpha value is -1.92. The van der Waals surface area contributed by atoms with Crippen LogP contribution in [0.5, 0.6) is 0 Å². The van der Waals surface area contributed by atoms with Crippen LogP contribution in [-0.4, -0.2) is 56.5 Å². The zero-order chi connectivity index (χ0) is 17.1. The molecule has 0 aromatic heterocycles. The summed E-state index contributed by atoms with van der Waals surface area (Å²) in [5.74, 6) is -0.193. The molecule has 1 aromatic rings. The van der Waals surface area contributed by atoms with Crippen molar-refractivity contribution in [2.24, 2.45) is 0 Å². The fourth-order valence-electron chi connectivity index (χ4n) is 2.17. The first-order chi connectivity index (χ1) is 11.1. The minimum Gasteiger partial charge on any atom is -0.351 e. The fraction of sp³-hybridized carbons (Fsp3) is 0.529. The van der Waals surface area contributed by atoms with Crippen molar-refractivity contribution < 1.29 is 9.59 Å². The quantitative estimate of drug-likeness (QED) is 0.608. The number of likely N-dealkylation sites (N-methyl/N-ethyl adjacent to an activating group) is 1. The molecule has 0 bridgehead atoms. The van der Waals surface area contributed by atoms with Crippen molar-refractivity contribution in [1.29, 1.82) is 0 Å². The molecule has 6 heteroatoms. The highest BCUT2D eigenvalue weighted by Crippen LogP contribution is 2.11. The molecule has 6 nitrogen and oxygen atoms in total. The first-order valence-corrected chi connectivity index (χ1v) is 8.15. The van der Waals surface area contributed by atoms with Gasteiger partial charge in [0.25, 0.3) is 5.91 Å². The predicted octanol–water partition coefficient (Wildman–Crippen LogP) is 1.31. The van der Waals surface area contributed by atoms with Crippen molar-refractivity contribution in [3.05, 3.63) is 29.8 Å². The van der Waals surface area contributed by atoms with Gasteiger partial charge >= 0.3 is 0 Å². The van der Waals surface area contributed by atoms with Gasteiger partial charge in [-0.05, 0) is 38.3 Å². The maximum atomic E-state index is 12.2. The van der Waals surface area contributed by atoms with Gasteiger partial charge < -0.3 is 20.9 Å². The Morgan fingerprint density at radius 1 is 1.13 bits per heavy atom. The van der Waals surface area contributed by atoms with Gasteiger partial charge in [0.2, 0.25) is 5.91 Å². The fourth-order valence-corrected chi connectivity index (χ4v) is 2.17. The Bertz CT molecular complexity index is 501. The maximum Gasteiger partial charge on any atom is 0.251 e. The smallest absolute Gasteiger partial charge is 0.251 e. The van der Waals surface area contributed by atoms with Crippen LogP contribution < -0.4 is 16.0 Å². The van der Waals surface area contributed by atoms with Crippen LogP contribution in [0.25, 0.3) is 0 Å². The lowest BCUT2D eigenvalue weighted by molar-refractivity contribution is -0.116. The van der Waals surface area contributed by atoms with Crippen LogP contribution in [0.15, 0.2) is 24.3 Å². The number of amides is 2. The molecule has 0 spiro atoms. The summed E-state index contributed by atoms with van der Waals surface area (Å²) in [5.41, 5.74) is 1.19. The van der Waals surface area contributed by atoms with E-state index >= 15 is 0 Å². The van der Waals surface area contributed by atoms with Gasteiger partial charge in [0, 0.05) is 37.3 Å². The molecule has 3 N–H and O–H groups in total. The van der Waals surface area contributed by atoms with Gasteiger partial charge in [0.05, 0.1) is 0 Å². The van der Waals surface area contributed by atoms with E-state index in [9.17, 15) is 9.59 Å². The molecule has 0 radical (unpaired) electrons. The highest BCUT2D eigenvalue weighted by atomic mass is 16.2. The summed E-state index contributed by atoms with van der Waals surface area (Å²) in [7, 11) is 1.80. The van der Waals surface area contributed by atoms with E-state index in [1.165, 1.54) is 0 Å². The summed E-state index contributed by atoms with van der Waals surface area (Å²) < 4.78 is 0. The number of hydrogen-bond acceptors (Lipinski definition) is 4. The third kappa shape index (κ3) is 7.25. The SMILES string of the molecule is CCN(CC)CCNC(=O)c1cccc(NC(=O)CCNC)c1. The van der Waals surface area contributed by atoms with Crippen LogP contribution in [0.3, 0.4) is 0 Å². The van der Waals surface area contributed by atoms with Crippen molar-refractivity contribution in [2.45, 2.75) is 20.3 Å². The summed E-state index contributed by atoms with van der Waals surface area (Å²) in [4.78, 5) is 26.1. The third-order valence-electron chi connectivity index (χ3n) is 3.62. The second kappa shape index (κ2) is 10.7. The van der Waals surface area contributed by atoms with Crippen molar-refractivity contribution in [2.75, 3.05) is 45.1 Å². The lowest BCUT2D eigenvalue weighted by Crippen LogP contribution is -2.34. The number of carbonyl (C=O) groups excluding carboxylic acids is 2. The number of rotatable bonds is 10. The van der Waals surface area contributed by atoms with Crippen LogP contribution in [0.4, 0.5) is 5.69 Å². The average molecular weight is 320 g/mol. The van der Waals surface area contributed by atoms with E-state index in [0.29, 0.717) is 30.8 Å². The average Bonchev–Trinajstić information content (AvgIpc) is 2.57. The first kappa shape index (κ1) is 19.1. The van der Waals surface area contributed by atoms with Gasteiger partial charge in [-0.25, -0.2) is 0 Å². The molecule has 23 heavy (non-hydrogen) atoms. The summed E-state index contributed by atoms with van der Waals surface area (Å²) >= 11 is 0. The standard InChI is InChI=1S/C17H28N4O2/c1-4-21(5-2)12-11-19-17(23)14-7-6-8-15(13-14)20-16(22)9-10-18-3/h6-8,13,18H,4-5,9-12H2,1-3H3,(H,19,23)(H,20,22). The van der Waals surface area contributed by atoms with Gasteiger partial charge in [0.1, 0.15) is 0 Å². The van der Waals surface area contributed by atoms with E-state index in [2.05, 4.69) is 34.7 Å². The molecule has 0 saturated heterocycles. The number of hydrogen-bond donors (Lipinski definition) is 3. The van der Waals surface area contributed by atoms with Crippen molar-refractivity contribution in [3.8, 4) is 0 Å². The summed E-state index contributed by atoms with van der Waals surface area (Å²) in [6.45, 7) is 8.22. The third-order valence-corrected chi connectivity index (χ3v) is 3.62. The Morgan fingerprint density at radius 3 is 2.52 bits per heavy atom. The molecule has 1 rings (SSSR count). The Balaban J connectivity index is 2.51. The molecule has 2 amide bonds. The molecule has 0 heterocycles. The molecule has 0 unspecified atom stereocenters. The van der Waals surface area contributed by atoms with Crippen LogP contribution in [0.2, 0.25) is 0 Å². The van der Waals surface area contributed by atoms with Crippen LogP contribution in [0.1, 0.15) is 30.6 Å². The topological polar surface area (TPSA) is 73.5 Å². The van der Waals surface area contributed by atoms with E-state index in [1.807, 2.05) is 0 Å². The summed E-state index contributed by atoms with van der Waals surface area (Å²) in [6, 6.07) is 7.00. The molecular formula is C17H28N4O2. The molecule has 0 aliphatic heterocycles. The second-order valence-corrected chi connectivity index (χ2v) is 5.27. The second-order valence-electron chi connectivity index (χ2n) is 5.27. The number of anilines is 1. The lowest BCUT2D eigenvalue weighted by Gasteiger charge is -2.18. The van der Waals surface area contributed by atoms with Crippen LogP contribution in [-0.2, 0) is 4.79 Å². The van der Waals surface area contributed by atoms with E-state index in [-0.39, 0.29) is 11.8 Å². The molecule has 0 saturated carbocycles. The van der Waals surface area contributed by atoms with Gasteiger partial charge in [-0.15, -0.1) is 0 Å². The maximum absolute atomic E-state index is 12.2. The minimum atomic E-state index is -0.122. The highest BCUT2D eigenvalue weighted by Gasteiger charge is 2.08. The monoisotopic (exact) mass is 320 g/mol. The number of nitrogens with one attached hydrogen (secondary N) is 3. The van der Waals surface area contributed by atoms with E-state index in [1.54, 1.807) is 31.3 Å². The largest absolute Gasteiger partial charge is 0.351 e. The molecule has 1 aromatic carbocycles. The normalized spacial score (nSPS) is 10.6. The lowest BCUT2D eigenvalue weighted by atomic mass is 10.2. The Kier molecular flexibility index (Phi) is 8.94. The van der Waals surface area contributed by atoms with Crippen molar-refractivity contribution in [1.82, 2.24) is 15.5 Å². The Labute approximate surface area is 138 Å². The van der Waals surface area contributed by atoms with Crippen LogP contribution >= 0.6 is 0 Å². The number of benzene rings is 1. The van der Waals surface area contributed by atoms with Crippen molar-refractivity contribution in [3.63, 3.8) is 0 Å². The van der Waals surface area contributed by atoms with Crippen molar-refractivity contribution >= 4 is 17.5 Å². The molecule has 0 atom stereocenters. The molecular weight excluding hydrogens is 292 g/mol.